The Hall–Kier alpha value is -1.35. The third-order valence-electron chi connectivity index (χ3n) is 4.14. The van der Waals surface area contributed by atoms with Crippen molar-refractivity contribution in [2.45, 2.75) is 38.8 Å². The molecule has 1 aromatic rings. The lowest BCUT2D eigenvalue weighted by molar-refractivity contribution is 0.0243. The average Bonchev–Trinajstić information content (AvgIpc) is 3.04. The van der Waals surface area contributed by atoms with Gasteiger partial charge in [-0.1, -0.05) is 12.1 Å². The fraction of sp³-hybridized carbons (Fsp3) is 0.556. The van der Waals surface area contributed by atoms with Crippen LogP contribution in [-0.2, 0) is 11.3 Å². The molecule has 0 saturated carbocycles. The number of aliphatic imine (C=N–C) groups is 1. The van der Waals surface area contributed by atoms with Gasteiger partial charge in [0.15, 0.2) is 5.96 Å². The normalized spacial score (nSPS) is 19.9. The van der Waals surface area contributed by atoms with E-state index < -0.39 is 0 Å². The number of hydrogen-bond acceptors (Lipinski definition) is 3. The van der Waals surface area contributed by atoms with Crippen molar-refractivity contribution >= 4 is 35.8 Å². The number of benzene rings is 1. The van der Waals surface area contributed by atoms with Gasteiger partial charge in [0.25, 0.3) is 5.91 Å². The maximum absolute atomic E-state index is 11.5. The minimum Gasteiger partial charge on any atom is -0.373 e. The number of carbonyl (C=O) groups excluding carboxylic acids is 1. The molecule has 1 aliphatic heterocycles. The van der Waals surface area contributed by atoms with Gasteiger partial charge < -0.3 is 20.7 Å². The van der Waals surface area contributed by atoms with Crippen molar-refractivity contribution in [2.24, 2.45) is 4.99 Å². The Bertz CT molecular complexity index is 569. The number of carbonyl (C=O) groups is 1. The first-order valence-electron chi connectivity index (χ1n) is 8.53. The smallest absolute Gasteiger partial charge is 0.251 e. The van der Waals surface area contributed by atoms with Gasteiger partial charge in [-0.3, -0.25) is 4.79 Å². The molecule has 0 radical (unpaired) electrons. The van der Waals surface area contributed by atoms with Crippen LogP contribution < -0.4 is 16.0 Å². The highest BCUT2D eigenvalue weighted by Gasteiger charge is 2.29. The molecule has 0 aliphatic carbocycles. The minimum absolute atomic E-state index is 0. The molecule has 25 heavy (non-hydrogen) atoms. The second-order valence-electron chi connectivity index (χ2n) is 6.23. The van der Waals surface area contributed by atoms with Crippen LogP contribution in [0.3, 0.4) is 0 Å². The van der Waals surface area contributed by atoms with Gasteiger partial charge in [0, 0.05) is 32.3 Å². The Labute approximate surface area is 167 Å². The summed E-state index contributed by atoms with van der Waals surface area (Å²) in [5, 5.41) is 9.23. The van der Waals surface area contributed by atoms with Crippen molar-refractivity contribution in [3.63, 3.8) is 0 Å². The molecule has 1 heterocycles. The molecule has 1 aliphatic rings. The number of guanidine groups is 1. The fourth-order valence-corrected chi connectivity index (χ4v) is 2.66. The van der Waals surface area contributed by atoms with Crippen LogP contribution in [0.4, 0.5) is 0 Å². The number of nitrogens with one attached hydrogen (secondary N) is 3. The number of rotatable bonds is 6. The number of halogens is 1. The molecule has 7 heteroatoms. The summed E-state index contributed by atoms with van der Waals surface area (Å²) in [5.74, 6) is 0.703. The Balaban J connectivity index is 0.00000312. The lowest BCUT2D eigenvalue weighted by Crippen LogP contribution is -2.45. The van der Waals surface area contributed by atoms with Gasteiger partial charge in [0.05, 0.1) is 12.1 Å². The van der Waals surface area contributed by atoms with Crippen molar-refractivity contribution in [3.8, 4) is 0 Å². The summed E-state index contributed by atoms with van der Waals surface area (Å²) < 4.78 is 5.79. The second-order valence-corrected chi connectivity index (χ2v) is 6.23. The SMILES string of the molecule is CCNC(=NCc1ccc(C(=O)NC)cc1)NCC1(C)CCCO1.I. The standard InChI is InChI=1S/C18H28N4O2.HI/c1-4-20-17(22-13-18(2)10-5-11-24-18)21-12-14-6-8-15(9-7-14)16(23)19-3;/h6-9H,4-5,10-13H2,1-3H3,(H,19,23)(H2,20,21,22);1H. The first kappa shape index (κ1) is 21.7. The summed E-state index contributed by atoms with van der Waals surface area (Å²) in [6.45, 7) is 7.12. The van der Waals surface area contributed by atoms with Gasteiger partial charge in [0.1, 0.15) is 0 Å². The summed E-state index contributed by atoms with van der Waals surface area (Å²) in [7, 11) is 1.63. The zero-order chi connectivity index (χ0) is 17.4. The van der Waals surface area contributed by atoms with Gasteiger partial charge in [-0.25, -0.2) is 4.99 Å². The zero-order valence-electron chi connectivity index (χ0n) is 15.2. The van der Waals surface area contributed by atoms with E-state index in [1.54, 1.807) is 7.05 Å². The Morgan fingerprint density at radius 3 is 2.56 bits per heavy atom. The number of amides is 1. The van der Waals surface area contributed by atoms with Gasteiger partial charge in [0.2, 0.25) is 0 Å². The van der Waals surface area contributed by atoms with Crippen molar-refractivity contribution < 1.29 is 9.53 Å². The quantitative estimate of drug-likeness (QED) is 0.346. The molecule has 140 valence electrons. The van der Waals surface area contributed by atoms with Crippen LogP contribution in [0.5, 0.6) is 0 Å². The molecule has 1 fully saturated rings. The fourth-order valence-electron chi connectivity index (χ4n) is 2.66. The predicted octanol–water partition coefficient (Wildman–Crippen LogP) is 2.29. The maximum atomic E-state index is 11.5. The van der Waals surface area contributed by atoms with E-state index in [2.05, 4.69) is 27.9 Å². The van der Waals surface area contributed by atoms with E-state index in [1.165, 1.54) is 0 Å². The monoisotopic (exact) mass is 460 g/mol. The molecular weight excluding hydrogens is 431 g/mol. The van der Waals surface area contributed by atoms with E-state index in [0.717, 1.165) is 44.1 Å². The van der Waals surface area contributed by atoms with E-state index in [4.69, 9.17) is 4.74 Å². The molecule has 1 unspecified atom stereocenters. The predicted molar refractivity (Wildman–Crippen MR) is 112 cm³/mol. The summed E-state index contributed by atoms with van der Waals surface area (Å²) in [4.78, 5) is 16.2. The first-order valence-corrected chi connectivity index (χ1v) is 8.53. The number of nitrogens with zero attached hydrogens (tertiary/aromatic N) is 1. The van der Waals surface area contributed by atoms with E-state index in [0.29, 0.717) is 12.1 Å². The van der Waals surface area contributed by atoms with E-state index in [9.17, 15) is 4.79 Å². The van der Waals surface area contributed by atoms with Crippen molar-refractivity contribution in [2.75, 3.05) is 26.7 Å². The zero-order valence-corrected chi connectivity index (χ0v) is 17.6. The molecule has 0 aromatic heterocycles. The molecule has 1 amide bonds. The average molecular weight is 460 g/mol. The Kier molecular flexibility index (Phi) is 9.20. The molecule has 6 nitrogen and oxygen atoms in total. The third-order valence-corrected chi connectivity index (χ3v) is 4.14. The molecule has 0 spiro atoms. The van der Waals surface area contributed by atoms with Crippen LogP contribution in [0, 0.1) is 0 Å². The lowest BCUT2D eigenvalue weighted by atomic mass is 10.0. The largest absolute Gasteiger partial charge is 0.373 e. The van der Waals surface area contributed by atoms with Crippen molar-refractivity contribution in [1.82, 2.24) is 16.0 Å². The minimum atomic E-state index is -0.106. The van der Waals surface area contributed by atoms with Crippen LogP contribution in [0.15, 0.2) is 29.3 Å². The summed E-state index contributed by atoms with van der Waals surface area (Å²) in [6.07, 6.45) is 2.18. The molecule has 3 N–H and O–H groups in total. The maximum Gasteiger partial charge on any atom is 0.251 e. The first-order chi connectivity index (χ1) is 11.6. The van der Waals surface area contributed by atoms with Gasteiger partial charge in [-0.2, -0.15) is 0 Å². The number of ether oxygens (including phenoxy) is 1. The Morgan fingerprint density at radius 2 is 2.00 bits per heavy atom. The van der Waals surface area contributed by atoms with Crippen LogP contribution in [0.1, 0.15) is 42.6 Å². The van der Waals surface area contributed by atoms with E-state index in [1.807, 2.05) is 31.2 Å². The summed E-state index contributed by atoms with van der Waals surface area (Å²) in [6, 6.07) is 7.49. The second kappa shape index (κ2) is 10.6. The van der Waals surface area contributed by atoms with Crippen LogP contribution in [0.25, 0.3) is 0 Å². The molecule has 0 bridgehead atoms. The van der Waals surface area contributed by atoms with Crippen molar-refractivity contribution in [3.05, 3.63) is 35.4 Å². The summed E-state index contributed by atoms with van der Waals surface area (Å²) in [5.41, 5.74) is 1.61. The Morgan fingerprint density at radius 1 is 1.28 bits per heavy atom. The molecule has 1 atom stereocenters. The molecule has 1 saturated heterocycles. The van der Waals surface area contributed by atoms with E-state index >= 15 is 0 Å². The highest BCUT2D eigenvalue weighted by molar-refractivity contribution is 14.0. The topological polar surface area (TPSA) is 74.8 Å². The van der Waals surface area contributed by atoms with Gasteiger partial charge in [-0.05, 0) is 44.4 Å². The summed E-state index contributed by atoms with van der Waals surface area (Å²) >= 11 is 0. The van der Waals surface area contributed by atoms with Crippen LogP contribution in [-0.4, -0.2) is 44.2 Å². The van der Waals surface area contributed by atoms with Gasteiger partial charge >= 0.3 is 0 Å². The number of hydrogen-bond donors (Lipinski definition) is 3. The van der Waals surface area contributed by atoms with Crippen molar-refractivity contribution in [1.29, 1.82) is 0 Å². The molecule has 2 rings (SSSR count). The lowest BCUT2D eigenvalue weighted by Gasteiger charge is -2.24. The molecular formula is C18H29IN4O2. The highest BCUT2D eigenvalue weighted by Crippen LogP contribution is 2.23. The van der Waals surface area contributed by atoms with Gasteiger partial charge in [-0.15, -0.1) is 24.0 Å². The van der Waals surface area contributed by atoms with E-state index in [-0.39, 0.29) is 35.5 Å². The highest BCUT2D eigenvalue weighted by atomic mass is 127. The van der Waals surface area contributed by atoms with Crippen LogP contribution in [0.2, 0.25) is 0 Å². The van der Waals surface area contributed by atoms with Crippen LogP contribution >= 0.6 is 24.0 Å². The molecule has 1 aromatic carbocycles. The third kappa shape index (κ3) is 6.81.